The van der Waals surface area contributed by atoms with Gasteiger partial charge in [-0.2, -0.15) is 0 Å². The van der Waals surface area contributed by atoms with Crippen LogP contribution in [0.5, 0.6) is 0 Å². The number of nitrogens with zero attached hydrogens (tertiary/aromatic N) is 2. The number of hydrogen-bond donors (Lipinski definition) is 2. The van der Waals surface area contributed by atoms with Crippen LogP contribution in [0.3, 0.4) is 0 Å². The minimum Gasteiger partial charge on any atom is -0.336 e. The zero-order chi connectivity index (χ0) is 16.9. The van der Waals surface area contributed by atoms with Crippen LogP contribution in [0.4, 0.5) is 4.79 Å². The van der Waals surface area contributed by atoms with Gasteiger partial charge in [0.2, 0.25) is 0 Å². The van der Waals surface area contributed by atoms with Crippen LogP contribution in [0.25, 0.3) is 0 Å². The number of amides is 2. The van der Waals surface area contributed by atoms with Gasteiger partial charge in [0.15, 0.2) is 0 Å². The van der Waals surface area contributed by atoms with E-state index in [9.17, 15) is 4.79 Å². The average Bonchev–Trinajstić information content (AvgIpc) is 2.99. The van der Waals surface area contributed by atoms with Gasteiger partial charge in [-0.25, -0.2) is 9.78 Å². The lowest BCUT2D eigenvalue weighted by atomic mass is 9.96. The Labute approximate surface area is 143 Å². The molecule has 1 aliphatic carbocycles. The van der Waals surface area contributed by atoms with Crippen molar-refractivity contribution in [3.05, 3.63) is 53.6 Å². The van der Waals surface area contributed by atoms with Gasteiger partial charge in [-0.1, -0.05) is 49.1 Å². The zero-order valence-corrected chi connectivity index (χ0v) is 14.5. The maximum absolute atomic E-state index is 12.5. The first-order chi connectivity index (χ1) is 11.6. The summed E-state index contributed by atoms with van der Waals surface area (Å²) in [5.74, 6) is 0.833. The molecule has 3 rings (SSSR count). The van der Waals surface area contributed by atoms with Crippen LogP contribution in [-0.2, 0) is 7.05 Å². The van der Waals surface area contributed by atoms with Crippen molar-refractivity contribution < 1.29 is 4.79 Å². The van der Waals surface area contributed by atoms with Crippen molar-refractivity contribution in [3.8, 4) is 0 Å². The predicted octanol–water partition coefficient (Wildman–Crippen LogP) is 3.45. The molecule has 1 atom stereocenters. The summed E-state index contributed by atoms with van der Waals surface area (Å²) in [6.45, 7) is 2.06. The number of carbonyl (C=O) groups excluding carboxylic acids is 1. The Hall–Kier alpha value is -2.30. The highest BCUT2D eigenvalue weighted by molar-refractivity contribution is 5.75. The highest BCUT2D eigenvalue weighted by atomic mass is 16.2. The first-order valence-electron chi connectivity index (χ1n) is 8.74. The number of imidazole rings is 1. The molecule has 0 spiro atoms. The lowest BCUT2D eigenvalue weighted by molar-refractivity contribution is 0.230. The molecule has 2 amide bonds. The summed E-state index contributed by atoms with van der Waals surface area (Å²) in [6, 6.07) is 8.12. The van der Waals surface area contributed by atoms with Crippen LogP contribution in [0.15, 0.2) is 36.7 Å². The number of urea groups is 1. The van der Waals surface area contributed by atoms with E-state index in [1.807, 2.05) is 29.9 Å². The van der Waals surface area contributed by atoms with Crippen molar-refractivity contribution in [1.82, 2.24) is 20.2 Å². The average molecular weight is 326 g/mol. The van der Waals surface area contributed by atoms with Gasteiger partial charge >= 0.3 is 6.03 Å². The van der Waals surface area contributed by atoms with Crippen molar-refractivity contribution in [1.29, 1.82) is 0 Å². The standard InChI is InChI=1S/C19H26N4O/c1-14-7-6-8-15(13-14)17(18-20-11-12-23(18)2)22-19(24)21-16-9-4-3-5-10-16/h6-8,11-13,16-17H,3-5,9-10H2,1-2H3,(H2,21,22,24). The van der Waals surface area contributed by atoms with Crippen molar-refractivity contribution in [2.45, 2.75) is 51.1 Å². The Morgan fingerprint density at radius 2 is 2.08 bits per heavy atom. The molecule has 1 fully saturated rings. The van der Waals surface area contributed by atoms with E-state index in [0.717, 1.165) is 24.2 Å². The van der Waals surface area contributed by atoms with E-state index in [2.05, 4.69) is 34.7 Å². The Morgan fingerprint density at radius 1 is 1.29 bits per heavy atom. The van der Waals surface area contributed by atoms with Crippen LogP contribution >= 0.6 is 0 Å². The molecule has 1 unspecified atom stereocenters. The van der Waals surface area contributed by atoms with Gasteiger partial charge in [0.1, 0.15) is 11.9 Å². The maximum Gasteiger partial charge on any atom is 0.315 e. The molecule has 5 heteroatoms. The van der Waals surface area contributed by atoms with Crippen LogP contribution in [0.1, 0.15) is 55.1 Å². The molecular weight excluding hydrogens is 300 g/mol. The fourth-order valence-corrected chi connectivity index (χ4v) is 3.41. The Balaban J connectivity index is 1.77. The van der Waals surface area contributed by atoms with Crippen LogP contribution in [-0.4, -0.2) is 21.6 Å². The summed E-state index contributed by atoms with van der Waals surface area (Å²) in [4.78, 5) is 17.0. The number of hydrogen-bond acceptors (Lipinski definition) is 2. The number of rotatable bonds is 4. The molecule has 0 aliphatic heterocycles. The fraction of sp³-hybridized carbons (Fsp3) is 0.474. The van der Waals surface area contributed by atoms with E-state index in [4.69, 9.17) is 0 Å². The molecule has 0 saturated heterocycles. The monoisotopic (exact) mass is 326 g/mol. The Morgan fingerprint density at radius 3 is 2.75 bits per heavy atom. The highest BCUT2D eigenvalue weighted by Gasteiger charge is 2.22. The minimum absolute atomic E-state index is 0.114. The van der Waals surface area contributed by atoms with E-state index in [1.165, 1.54) is 24.8 Å². The normalized spacial score (nSPS) is 16.6. The van der Waals surface area contributed by atoms with Gasteiger partial charge in [0.05, 0.1) is 0 Å². The van der Waals surface area contributed by atoms with E-state index in [0.29, 0.717) is 6.04 Å². The molecule has 5 nitrogen and oxygen atoms in total. The molecule has 1 heterocycles. The smallest absolute Gasteiger partial charge is 0.315 e. The molecule has 2 aromatic rings. The van der Waals surface area contributed by atoms with Crippen molar-refractivity contribution >= 4 is 6.03 Å². The van der Waals surface area contributed by atoms with E-state index < -0.39 is 0 Å². The highest BCUT2D eigenvalue weighted by Crippen LogP contribution is 2.22. The lowest BCUT2D eigenvalue weighted by Gasteiger charge is -2.25. The third-order valence-corrected chi connectivity index (χ3v) is 4.71. The number of aromatic nitrogens is 2. The largest absolute Gasteiger partial charge is 0.336 e. The minimum atomic E-state index is -0.256. The summed E-state index contributed by atoms with van der Waals surface area (Å²) < 4.78 is 1.95. The second-order valence-corrected chi connectivity index (χ2v) is 6.70. The van der Waals surface area contributed by atoms with Gasteiger partial charge < -0.3 is 15.2 Å². The van der Waals surface area contributed by atoms with Crippen LogP contribution < -0.4 is 10.6 Å². The topological polar surface area (TPSA) is 59.0 Å². The molecule has 1 aromatic heterocycles. The van der Waals surface area contributed by atoms with Gasteiger partial charge in [-0.15, -0.1) is 0 Å². The van der Waals surface area contributed by atoms with Crippen LogP contribution in [0, 0.1) is 6.92 Å². The Bertz CT molecular complexity index is 688. The third kappa shape index (κ3) is 3.96. The van der Waals surface area contributed by atoms with Crippen molar-refractivity contribution in [2.24, 2.45) is 7.05 Å². The number of carbonyl (C=O) groups is 1. The second-order valence-electron chi connectivity index (χ2n) is 6.70. The molecule has 0 bridgehead atoms. The molecule has 128 valence electrons. The predicted molar refractivity (Wildman–Crippen MR) is 94.8 cm³/mol. The first kappa shape index (κ1) is 16.6. The van der Waals surface area contributed by atoms with Crippen LogP contribution in [0.2, 0.25) is 0 Å². The van der Waals surface area contributed by atoms with Gasteiger partial charge in [-0.05, 0) is 25.3 Å². The van der Waals surface area contributed by atoms with Crippen molar-refractivity contribution in [3.63, 3.8) is 0 Å². The second kappa shape index (κ2) is 7.51. The molecule has 0 radical (unpaired) electrons. The quantitative estimate of drug-likeness (QED) is 0.904. The summed E-state index contributed by atoms with van der Waals surface area (Å²) >= 11 is 0. The molecule has 1 saturated carbocycles. The SMILES string of the molecule is Cc1cccc(C(NC(=O)NC2CCCCC2)c2nccn2C)c1. The van der Waals surface area contributed by atoms with Gasteiger partial charge in [0, 0.05) is 25.5 Å². The number of benzene rings is 1. The van der Waals surface area contributed by atoms with Gasteiger partial charge in [-0.3, -0.25) is 0 Å². The molecular formula is C19H26N4O. The molecule has 2 N–H and O–H groups in total. The number of nitrogens with one attached hydrogen (secondary N) is 2. The van der Waals surface area contributed by atoms with Gasteiger partial charge in [0.25, 0.3) is 0 Å². The van der Waals surface area contributed by atoms with Crippen molar-refractivity contribution in [2.75, 3.05) is 0 Å². The lowest BCUT2D eigenvalue weighted by Crippen LogP contribution is -2.44. The molecule has 24 heavy (non-hydrogen) atoms. The molecule has 1 aromatic carbocycles. The zero-order valence-electron chi connectivity index (χ0n) is 14.5. The summed E-state index contributed by atoms with van der Waals surface area (Å²) in [5, 5.41) is 6.25. The summed E-state index contributed by atoms with van der Waals surface area (Å²) in [7, 11) is 1.95. The van der Waals surface area contributed by atoms with E-state index in [-0.39, 0.29) is 12.1 Å². The summed E-state index contributed by atoms with van der Waals surface area (Å²) in [5.41, 5.74) is 2.21. The first-order valence-corrected chi connectivity index (χ1v) is 8.74. The Kier molecular flexibility index (Phi) is 5.18. The fourth-order valence-electron chi connectivity index (χ4n) is 3.41. The molecule has 1 aliphatic rings. The maximum atomic E-state index is 12.5. The van der Waals surface area contributed by atoms with E-state index in [1.54, 1.807) is 6.20 Å². The van der Waals surface area contributed by atoms with E-state index >= 15 is 0 Å². The third-order valence-electron chi connectivity index (χ3n) is 4.71. The summed E-state index contributed by atoms with van der Waals surface area (Å²) in [6.07, 6.45) is 9.49. The number of aryl methyl sites for hydroxylation is 2.